The Morgan fingerprint density at radius 1 is 0.970 bits per heavy atom. The number of hydrogen-bond acceptors (Lipinski definition) is 4. The van der Waals surface area contributed by atoms with Crippen molar-refractivity contribution in [1.82, 2.24) is 0 Å². The van der Waals surface area contributed by atoms with Gasteiger partial charge in [0.15, 0.2) is 5.78 Å². The predicted octanol–water partition coefficient (Wildman–Crippen LogP) is 6.92. The smallest absolute Gasteiger partial charge is 0.337 e. The first-order valence-corrected chi connectivity index (χ1v) is 10.9. The molecule has 0 spiro atoms. The first-order chi connectivity index (χ1) is 15.5. The predicted molar refractivity (Wildman–Crippen MR) is 129 cm³/mol. The number of phenolic OH excluding ortho intramolecular Hbond substituents is 1. The van der Waals surface area contributed by atoms with Crippen LogP contribution in [-0.2, 0) is 6.61 Å². The van der Waals surface area contributed by atoms with Gasteiger partial charge < -0.3 is 14.9 Å². The standard InChI is InChI=1S/C27H27ClO5/c1-16-24(11-10-21(25(16)30)23(29)14-27(2,3)4)33-15-17-6-5-7-18(12-17)19-8-9-20(26(31)32)22(28)13-19/h5-13,30H,14-15H2,1-4H3,(H,31,32). The Kier molecular flexibility index (Phi) is 7.13. The van der Waals surface area contributed by atoms with Crippen LogP contribution in [0.3, 0.4) is 0 Å². The molecule has 0 bridgehead atoms. The molecule has 0 aromatic heterocycles. The SMILES string of the molecule is Cc1c(OCc2cccc(-c3ccc(C(=O)O)c(Cl)c3)c2)ccc(C(=O)CC(C)(C)C)c1O. The van der Waals surface area contributed by atoms with Crippen LogP contribution < -0.4 is 4.74 Å². The van der Waals surface area contributed by atoms with Gasteiger partial charge in [0, 0.05) is 12.0 Å². The normalized spacial score (nSPS) is 11.3. The molecule has 3 aromatic rings. The van der Waals surface area contributed by atoms with Crippen LogP contribution in [0.1, 0.15) is 59.0 Å². The Labute approximate surface area is 198 Å². The molecule has 0 saturated carbocycles. The van der Waals surface area contributed by atoms with Gasteiger partial charge in [0.1, 0.15) is 18.1 Å². The third-order valence-corrected chi connectivity index (χ3v) is 5.54. The number of carbonyl (C=O) groups excluding carboxylic acids is 1. The molecule has 0 aliphatic rings. The lowest BCUT2D eigenvalue weighted by Crippen LogP contribution is -2.13. The maximum absolute atomic E-state index is 12.5. The van der Waals surface area contributed by atoms with Crippen molar-refractivity contribution in [2.45, 2.75) is 40.7 Å². The van der Waals surface area contributed by atoms with E-state index >= 15 is 0 Å². The zero-order valence-electron chi connectivity index (χ0n) is 19.1. The minimum atomic E-state index is -1.07. The summed E-state index contributed by atoms with van der Waals surface area (Å²) in [6.07, 6.45) is 0.338. The van der Waals surface area contributed by atoms with E-state index in [1.165, 1.54) is 6.07 Å². The highest BCUT2D eigenvalue weighted by molar-refractivity contribution is 6.33. The molecular weight excluding hydrogens is 440 g/mol. The molecule has 0 heterocycles. The van der Waals surface area contributed by atoms with Gasteiger partial charge in [-0.1, -0.05) is 56.6 Å². The van der Waals surface area contributed by atoms with E-state index in [4.69, 9.17) is 21.4 Å². The number of aromatic carboxylic acids is 1. The van der Waals surface area contributed by atoms with Crippen molar-refractivity contribution < 1.29 is 24.5 Å². The van der Waals surface area contributed by atoms with E-state index < -0.39 is 5.97 Å². The molecule has 0 unspecified atom stereocenters. The summed E-state index contributed by atoms with van der Waals surface area (Å²) in [6, 6.07) is 15.8. The van der Waals surface area contributed by atoms with Gasteiger partial charge >= 0.3 is 5.97 Å². The van der Waals surface area contributed by atoms with Crippen LogP contribution in [0, 0.1) is 12.3 Å². The van der Waals surface area contributed by atoms with Crippen molar-refractivity contribution in [3.63, 3.8) is 0 Å². The van der Waals surface area contributed by atoms with Crippen LogP contribution >= 0.6 is 11.6 Å². The number of carbonyl (C=O) groups is 2. The Morgan fingerprint density at radius 2 is 1.64 bits per heavy atom. The largest absolute Gasteiger partial charge is 0.507 e. The van der Waals surface area contributed by atoms with E-state index in [0.717, 1.165) is 16.7 Å². The summed E-state index contributed by atoms with van der Waals surface area (Å²) in [6.45, 7) is 7.92. The number of ether oxygens (including phenoxy) is 1. The Morgan fingerprint density at radius 3 is 2.27 bits per heavy atom. The van der Waals surface area contributed by atoms with Crippen LogP contribution in [0.25, 0.3) is 11.1 Å². The number of benzene rings is 3. The molecule has 0 aliphatic carbocycles. The molecule has 0 aliphatic heterocycles. The topological polar surface area (TPSA) is 83.8 Å². The van der Waals surface area contributed by atoms with Crippen LogP contribution in [0.4, 0.5) is 0 Å². The summed E-state index contributed by atoms with van der Waals surface area (Å²) in [5.41, 5.74) is 3.26. The number of halogens is 1. The fraction of sp³-hybridized carbons (Fsp3) is 0.259. The fourth-order valence-electron chi connectivity index (χ4n) is 3.51. The molecule has 33 heavy (non-hydrogen) atoms. The zero-order valence-corrected chi connectivity index (χ0v) is 19.9. The van der Waals surface area contributed by atoms with Gasteiger partial charge in [-0.15, -0.1) is 0 Å². The summed E-state index contributed by atoms with van der Waals surface area (Å²) >= 11 is 6.10. The van der Waals surface area contributed by atoms with Gasteiger partial charge in [-0.25, -0.2) is 4.79 Å². The first kappa shape index (κ1) is 24.3. The van der Waals surface area contributed by atoms with Crippen molar-refractivity contribution in [2.75, 3.05) is 0 Å². The van der Waals surface area contributed by atoms with Crippen molar-refractivity contribution in [2.24, 2.45) is 5.41 Å². The van der Waals surface area contributed by atoms with Crippen molar-refractivity contribution in [3.05, 3.63) is 81.9 Å². The maximum atomic E-state index is 12.5. The third-order valence-electron chi connectivity index (χ3n) is 5.23. The Hall–Kier alpha value is -3.31. The molecule has 0 fully saturated rings. The monoisotopic (exact) mass is 466 g/mol. The van der Waals surface area contributed by atoms with Gasteiger partial charge in [0.05, 0.1) is 16.1 Å². The summed E-state index contributed by atoms with van der Waals surface area (Å²) in [5.74, 6) is -0.726. The maximum Gasteiger partial charge on any atom is 0.337 e. The Bertz CT molecular complexity index is 1210. The highest BCUT2D eigenvalue weighted by Gasteiger charge is 2.21. The van der Waals surface area contributed by atoms with Gasteiger partial charge in [0.25, 0.3) is 0 Å². The second-order valence-electron chi connectivity index (χ2n) is 9.23. The van der Waals surface area contributed by atoms with Crippen LogP contribution in [0.2, 0.25) is 5.02 Å². The number of aromatic hydroxyl groups is 1. The average Bonchev–Trinajstić information content (AvgIpc) is 2.73. The molecule has 0 saturated heterocycles. The average molecular weight is 467 g/mol. The molecule has 3 aromatic carbocycles. The van der Waals surface area contributed by atoms with Gasteiger partial charge in [0.2, 0.25) is 0 Å². The molecular formula is C27H27ClO5. The van der Waals surface area contributed by atoms with Gasteiger partial charge in [-0.3, -0.25) is 4.79 Å². The van der Waals surface area contributed by atoms with Crippen LogP contribution in [-0.4, -0.2) is 22.0 Å². The fourth-order valence-corrected chi connectivity index (χ4v) is 3.77. The second kappa shape index (κ2) is 9.67. The second-order valence-corrected chi connectivity index (χ2v) is 9.64. The van der Waals surface area contributed by atoms with E-state index in [1.807, 2.05) is 45.0 Å². The number of carboxylic acids is 1. The summed E-state index contributed by atoms with van der Waals surface area (Å²) in [5, 5.41) is 19.9. The third kappa shape index (κ3) is 5.93. The Balaban J connectivity index is 1.77. The number of ketones is 1. The van der Waals surface area contributed by atoms with Crippen molar-refractivity contribution in [3.8, 4) is 22.6 Å². The lowest BCUT2D eigenvalue weighted by atomic mass is 9.87. The molecule has 0 amide bonds. The van der Waals surface area contributed by atoms with Crippen molar-refractivity contribution in [1.29, 1.82) is 0 Å². The number of rotatable bonds is 7. The molecule has 5 nitrogen and oxygen atoms in total. The molecule has 3 rings (SSSR count). The highest BCUT2D eigenvalue weighted by atomic mass is 35.5. The lowest BCUT2D eigenvalue weighted by molar-refractivity contribution is 0.0696. The number of hydrogen-bond donors (Lipinski definition) is 2. The molecule has 0 atom stereocenters. The summed E-state index contributed by atoms with van der Waals surface area (Å²) in [4.78, 5) is 23.7. The van der Waals surface area contributed by atoms with Gasteiger partial charge in [-0.05, 0) is 59.4 Å². The quantitative estimate of drug-likeness (QED) is 0.369. The van der Waals surface area contributed by atoms with E-state index in [2.05, 4.69) is 0 Å². The van der Waals surface area contributed by atoms with E-state index in [1.54, 1.807) is 31.2 Å². The minimum Gasteiger partial charge on any atom is -0.507 e. The number of Topliss-reactive ketones (excluding diaryl/α,β-unsaturated/α-hetero) is 1. The van der Waals surface area contributed by atoms with E-state index in [9.17, 15) is 14.7 Å². The first-order valence-electron chi connectivity index (χ1n) is 10.6. The van der Waals surface area contributed by atoms with Crippen molar-refractivity contribution >= 4 is 23.4 Å². The minimum absolute atomic E-state index is 0.0522. The van der Waals surface area contributed by atoms with Gasteiger partial charge in [-0.2, -0.15) is 0 Å². The number of carboxylic acid groups (broad SMARTS) is 1. The van der Waals surface area contributed by atoms with E-state index in [-0.39, 0.29) is 34.1 Å². The van der Waals surface area contributed by atoms with Crippen LogP contribution in [0.5, 0.6) is 11.5 Å². The summed E-state index contributed by atoms with van der Waals surface area (Å²) in [7, 11) is 0. The molecule has 2 N–H and O–H groups in total. The zero-order chi connectivity index (χ0) is 24.3. The molecule has 0 radical (unpaired) electrons. The lowest BCUT2D eigenvalue weighted by Gasteiger charge is -2.18. The molecule has 172 valence electrons. The highest BCUT2D eigenvalue weighted by Crippen LogP contribution is 2.34. The van der Waals surface area contributed by atoms with Crippen LogP contribution in [0.15, 0.2) is 54.6 Å². The molecule has 6 heteroatoms. The number of phenols is 1. The van der Waals surface area contributed by atoms with E-state index in [0.29, 0.717) is 23.3 Å². The summed E-state index contributed by atoms with van der Waals surface area (Å²) < 4.78 is 5.93.